The van der Waals surface area contributed by atoms with E-state index >= 15 is 0 Å². The van der Waals surface area contributed by atoms with Crippen LogP contribution in [0.1, 0.15) is 26.6 Å². The number of para-hydroxylation sites is 2. The maximum absolute atomic E-state index is 13.3. The molecule has 0 aliphatic heterocycles. The first kappa shape index (κ1) is 26.8. The highest BCUT2D eigenvalue weighted by molar-refractivity contribution is 7.09. The number of methoxy groups -OCH3 is 2. The van der Waals surface area contributed by atoms with Gasteiger partial charge >= 0.3 is 5.97 Å². The highest BCUT2D eigenvalue weighted by Crippen LogP contribution is 2.33. The quantitative estimate of drug-likeness (QED) is 0.216. The summed E-state index contributed by atoms with van der Waals surface area (Å²) >= 11 is 1.35. The number of thiazole rings is 1. The van der Waals surface area contributed by atoms with Gasteiger partial charge in [0.05, 0.1) is 43.1 Å². The van der Waals surface area contributed by atoms with Gasteiger partial charge in [-0.1, -0.05) is 36.4 Å². The van der Waals surface area contributed by atoms with Gasteiger partial charge in [-0.3, -0.25) is 4.79 Å². The number of nitrogens with zero attached hydrogens (tertiary/aromatic N) is 2. The van der Waals surface area contributed by atoms with E-state index in [1.165, 1.54) is 11.3 Å². The van der Waals surface area contributed by atoms with Crippen LogP contribution in [0.2, 0.25) is 0 Å². The molecule has 3 aromatic carbocycles. The molecule has 8 nitrogen and oxygen atoms in total. The Balaban J connectivity index is 1.31. The Morgan fingerprint density at radius 3 is 2.48 bits per heavy atom. The third-order valence-electron chi connectivity index (χ3n) is 6.30. The Hall–Kier alpha value is -4.76. The van der Waals surface area contributed by atoms with Gasteiger partial charge in [0, 0.05) is 22.0 Å². The molecule has 2 heterocycles. The summed E-state index contributed by atoms with van der Waals surface area (Å²) in [5.41, 5.74) is 4.76. The lowest BCUT2D eigenvalue weighted by molar-refractivity contribution is -0.115. The lowest BCUT2D eigenvalue weighted by Gasteiger charge is -2.12. The van der Waals surface area contributed by atoms with Crippen molar-refractivity contribution in [2.45, 2.75) is 20.0 Å². The third-order valence-corrected chi connectivity index (χ3v) is 7.19. The van der Waals surface area contributed by atoms with Crippen LogP contribution in [0.25, 0.3) is 22.2 Å². The number of aromatic nitrogens is 2. The number of carbonyl (C=O) groups is 2. The third kappa shape index (κ3) is 5.94. The van der Waals surface area contributed by atoms with E-state index in [0.717, 1.165) is 16.8 Å². The zero-order valence-electron chi connectivity index (χ0n) is 22.3. The van der Waals surface area contributed by atoms with Gasteiger partial charge in [0.2, 0.25) is 5.91 Å². The number of ether oxygens (including phenoxy) is 3. The molecule has 0 unspecified atom stereocenters. The van der Waals surface area contributed by atoms with Crippen LogP contribution in [0.5, 0.6) is 11.5 Å². The van der Waals surface area contributed by atoms with Gasteiger partial charge in [-0.25, -0.2) is 14.8 Å². The maximum Gasteiger partial charge on any atom is 0.339 e. The standard InChI is InChI=1S/C31H27N3O5S/c1-19-8-4-6-10-24(19)34-29(35)16-30-32-21(18-40-30)17-39-31(36)23-15-26(33-25-11-7-5-9-22(23)25)20-12-13-27(37-2)28(14-20)38-3/h4-15,18H,16-17H2,1-3H3,(H,34,35). The molecule has 9 heteroatoms. The molecule has 0 saturated heterocycles. The van der Waals surface area contributed by atoms with Gasteiger partial charge in [0.25, 0.3) is 0 Å². The number of hydrogen-bond donors (Lipinski definition) is 1. The fourth-order valence-electron chi connectivity index (χ4n) is 4.25. The summed E-state index contributed by atoms with van der Waals surface area (Å²) in [6, 6.07) is 22.2. The number of amides is 1. The van der Waals surface area contributed by atoms with Crippen molar-refractivity contribution in [2.24, 2.45) is 0 Å². The second-order valence-corrected chi connectivity index (χ2v) is 9.93. The van der Waals surface area contributed by atoms with Gasteiger partial charge in [0.1, 0.15) is 11.6 Å². The SMILES string of the molecule is COc1ccc(-c2cc(C(=O)OCc3csc(CC(=O)Nc4ccccc4C)n3)c3ccccc3n2)cc1OC. The average molecular weight is 554 g/mol. The predicted molar refractivity (Wildman–Crippen MR) is 155 cm³/mol. The van der Waals surface area contributed by atoms with E-state index in [0.29, 0.717) is 44.4 Å². The predicted octanol–water partition coefficient (Wildman–Crippen LogP) is 6.22. The van der Waals surface area contributed by atoms with Crippen molar-refractivity contribution in [3.05, 3.63) is 100 Å². The summed E-state index contributed by atoms with van der Waals surface area (Å²) in [5, 5.41) is 6.03. The number of nitrogens with one attached hydrogen (secondary N) is 1. The van der Waals surface area contributed by atoms with E-state index < -0.39 is 5.97 Å². The number of rotatable bonds is 9. The molecule has 5 aromatic rings. The lowest BCUT2D eigenvalue weighted by atomic mass is 10.0. The molecular formula is C31H27N3O5S. The molecule has 202 valence electrons. The first-order valence-electron chi connectivity index (χ1n) is 12.5. The maximum atomic E-state index is 13.3. The molecule has 1 N–H and O–H groups in total. The van der Waals surface area contributed by atoms with E-state index in [9.17, 15) is 9.59 Å². The Morgan fingerprint density at radius 1 is 0.900 bits per heavy atom. The van der Waals surface area contributed by atoms with Crippen LogP contribution in [-0.4, -0.2) is 36.1 Å². The number of fused-ring (bicyclic) bond motifs is 1. The Labute approximate surface area is 235 Å². The molecule has 5 rings (SSSR count). The van der Waals surface area contributed by atoms with Crippen LogP contribution < -0.4 is 14.8 Å². The minimum atomic E-state index is -0.493. The van der Waals surface area contributed by atoms with Crippen LogP contribution in [0.3, 0.4) is 0 Å². The number of esters is 1. The van der Waals surface area contributed by atoms with Crippen LogP contribution >= 0.6 is 11.3 Å². The van der Waals surface area contributed by atoms with Gasteiger partial charge in [-0.15, -0.1) is 11.3 Å². The van der Waals surface area contributed by atoms with Crippen LogP contribution in [0.4, 0.5) is 5.69 Å². The molecule has 0 spiro atoms. The fraction of sp³-hybridized carbons (Fsp3) is 0.161. The first-order valence-corrected chi connectivity index (χ1v) is 13.4. The highest BCUT2D eigenvalue weighted by atomic mass is 32.1. The first-order chi connectivity index (χ1) is 19.4. The molecule has 0 atom stereocenters. The van der Waals surface area contributed by atoms with Crippen molar-refractivity contribution in [1.82, 2.24) is 9.97 Å². The Morgan fingerprint density at radius 2 is 1.68 bits per heavy atom. The van der Waals surface area contributed by atoms with Crippen LogP contribution in [0, 0.1) is 6.92 Å². The number of carbonyl (C=O) groups excluding carboxylic acids is 2. The van der Waals surface area contributed by atoms with Crippen LogP contribution in [0.15, 0.2) is 78.2 Å². The van der Waals surface area contributed by atoms with Gasteiger partial charge in [0.15, 0.2) is 11.5 Å². The molecule has 0 saturated carbocycles. The number of benzene rings is 3. The van der Waals surface area contributed by atoms with E-state index in [-0.39, 0.29) is 18.9 Å². The van der Waals surface area contributed by atoms with Crippen molar-refractivity contribution in [3.63, 3.8) is 0 Å². The molecule has 0 fully saturated rings. The smallest absolute Gasteiger partial charge is 0.339 e. The Kier molecular flexibility index (Phi) is 8.02. The molecule has 1 amide bonds. The summed E-state index contributed by atoms with van der Waals surface area (Å²) in [6.07, 6.45) is 0.136. The van der Waals surface area contributed by atoms with Crippen LogP contribution in [-0.2, 0) is 22.6 Å². The molecule has 0 aliphatic rings. The molecular weight excluding hydrogens is 526 g/mol. The Bertz CT molecular complexity index is 1700. The zero-order chi connectivity index (χ0) is 28.1. The zero-order valence-corrected chi connectivity index (χ0v) is 23.1. The minimum absolute atomic E-state index is 0.0168. The molecule has 0 aliphatic carbocycles. The molecule has 0 bridgehead atoms. The second-order valence-electron chi connectivity index (χ2n) is 8.99. The van der Waals surface area contributed by atoms with Crippen molar-refractivity contribution in [3.8, 4) is 22.8 Å². The van der Waals surface area contributed by atoms with Gasteiger partial charge in [-0.05, 0) is 48.9 Å². The van der Waals surface area contributed by atoms with E-state index in [2.05, 4.69) is 10.3 Å². The average Bonchev–Trinajstić information content (AvgIpc) is 3.43. The minimum Gasteiger partial charge on any atom is -0.493 e. The van der Waals surface area contributed by atoms with Crippen molar-refractivity contribution in [1.29, 1.82) is 0 Å². The van der Waals surface area contributed by atoms with E-state index in [4.69, 9.17) is 19.2 Å². The highest BCUT2D eigenvalue weighted by Gasteiger charge is 2.17. The van der Waals surface area contributed by atoms with Gasteiger partial charge in [-0.2, -0.15) is 0 Å². The normalized spacial score (nSPS) is 10.8. The molecule has 40 heavy (non-hydrogen) atoms. The summed E-state index contributed by atoms with van der Waals surface area (Å²) in [4.78, 5) is 35.0. The van der Waals surface area contributed by atoms with Crippen molar-refractivity contribution >= 4 is 39.8 Å². The van der Waals surface area contributed by atoms with Crippen molar-refractivity contribution < 1.29 is 23.8 Å². The monoisotopic (exact) mass is 553 g/mol. The molecule has 0 radical (unpaired) electrons. The van der Waals surface area contributed by atoms with E-state index in [1.54, 1.807) is 31.7 Å². The summed E-state index contributed by atoms with van der Waals surface area (Å²) in [5.74, 6) is 0.512. The fourth-order valence-corrected chi connectivity index (χ4v) is 5.02. The molecule has 2 aromatic heterocycles. The number of pyridine rings is 1. The summed E-state index contributed by atoms with van der Waals surface area (Å²) in [7, 11) is 3.14. The van der Waals surface area contributed by atoms with Gasteiger partial charge < -0.3 is 19.5 Å². The topological polar surface area (TPSA) is 99.6 Å². The van der Waals surface area contributed by atoms with Crippen molar-refractivity contribution in [2.75, 3.05) is 19.5 Å². The number of hydrogen-bond acceptors (Lipinski definition) is 8. The largest absolute Gasteiger partial charge is 0.493 e. The summed E-state index contributed by atoms with van der Waals surface area (Å²) < 4.78 is 16.4. The number of anilines is 1. The lowest BCUT2D eigenvalue weighted by Crippen LogP contribution is -2.15. The van der Waals surface area contributed by atoms with E-state index in [1.807, 2.05) is 67.6 Å². The second kappa shape index (κ2) is 12.0. The number of aryl methyl sites for hydroxylation is 1. The summed E-state index contributed by atoms with van der Waals surface area (Å²) in [6.45, 7) is 1.92.